The maximum Gasteiger partial charge on any atom is 0.0443 e. The number of rotatable bonds is 11. The summed E-state index contributed by atoms with van der Waals surface area (Å²) in [5.74, 6) is 0. The minimum atomic E-state index is 0.281. The summed E-state index contributed by atoms with van der Waals surface area (Å²) in [6.45, 7) is 7.22. The largest absolute Gasteiger partial charge is 0.396 e. The molecular formula is C13H27NO. The minimum Gasteiger partial charge on any atom is -0.396 e. The van der Waals surface area contributed by atoms with Crippen molar-refractivity contribution in [3.8, 4) is 0 Å². The predicted molar refractivity (Wildman–Crippen MR) is 67.1 cm³/mol. The highest BCUT2D eigenvalue weighted by Crippen LogP contribution is 2.08. The molecule has 0 saturated heterocycles. The van der Waals surface area contributed by atoms with Crippen LogP contribution < -0.4 is 5.32 Å². The van der Waals surface area contributed by atoms with Crippen molar-refractivity contribution >= 4 is 0 Å². The molecule has 0 spiro atoms. The van der Waals surface area contributed by atoms with Crippen molar-refractivity contribution in [1.29, 1.82) is 0 Å². The van der Waals surface area contributed by atoms with E-state index in [4.69, 9.17) is 5.11 Å². The predicted octanol–water partition coefficient (Wildman–Crippen LogP) is 2.87. The van der Waals surface area contributed by atoms with E-state index in [-0.39, 0.29) is 6.61 Å². The Kier molecular flexibility index (Phi) is 11.5. The maximum absolute atomic E-state index is 8.69. The van der Waals surface area contributed by atoms with E-state index in [2.05, 4.69) is 18.8 Å². The number of nitrogens with one attached hydrogen (secondary N) is 1. The molecule has 0 aromatic carbocycles. The van der Waals surface area contributed by atoms with Gasteiger partial charge in [-0.3, -0.25) is 0 Å². The Labute approximate surface area is 94.8 Å². The van der Waals surface area contributed by atoms with Gasteiger partial charge in [0.25, 0.3) is 0 Å². The molecule has 0 saturated carbocycles. The van der Waals surface area contributed by atoms with Crippen molar-refractivity contribution in [2.45, 2.75) is 57.9 Å². The van der Waals surface area contributed by atoms with Crippen LogP contribution in [0.4, 0.5) is 0 Å². The summed E-state index contributed by atoms with van der Waals surface area (Å²) in [4.78, 5) is 0. The van der Waals surface area contributed by atoms with E-state index in [0.29, 0.717) is 6.04 Å². The summed E-state index contributed by atoms with van der Waals surface area (Å²) in [6, 6.07) is 0.561. The van der Waals surface area contributed by atoms with E-state index < -0.39 is 0 Å². The van der Waals surface area contributed by atoms with Crippen molar-refractivity contribution in [3.63, 3.8) is 0 Å². The van der Waals surface area contributed by atoms with E-state index in [9.17, 15) is 0 Å². The molecule has 2 N–H and O–H groups in total. The van der Waals surface area contributed by atoms with Crippen LogP contribution in [0.1, 0.15) is 51.9 Å². The van der Waals surface area contributed by atoms with Gasteiger partial charge in [0.05, 0.1) is 0 Å². The van der Waals surface area contributed by atoms with Crippen molar-refractivity contribution < 1.29 is 5.11 Å². The van der Waals surface area contributed by atoms with Crippen molar-refractivity contribution in [1.82, 2.24) is 5.32 Å². The Balaban J connectivity index is 3.48. The van der Waals surface area contributed by atoms with E-state index in [1.807, 2.05) is 6.08 Å². The van der Waals surface area contributed by atoms with Gasteiger partial charge in [-0.2, -0.15) is 0 Å². The quantitative estimate of drug-likeness (QED) is 0.408. The van der Waals surface area contributed by atoms with Crippen molar-refractivity contribution in [2.75, 3.05) is 13.2 Å². The zero-order valence-corrected chi connectivity index (χ0v) is 10.2. The summed E-state index contributed by atoms with van der Waals surface area (Å²) in [5.41, 5.74) is 0. The summed E-state index contributed by atoms with van der Waals surface area (Å²) >= 11 is 0. The second-order valence-corrected chi connectivity index (χ2v) is 4.10. The Bertz CT molecular complexity index is 136. The van der Waals surface area contributed by atoms with Crippen LogP contribution in [0, 0.1) is 0 Å². The topological polar surface area (TPSA) is 32.3 Å². The monoisotopic (exact) mass is 213 g/mol. The van der Waals surface area contributed by atoms with Crippen molar-refractivity contribution in [3.05, 3.63) is 12.7 Å². The first-order valence-corrected chi connectivity index (χ1v) is 6.30. The Morgan fingerprint density at radius 2 is 2.07 bits per heavy atom. The standard InChI is InChI=1S/C13H27NO/c1-3-5-6-7-10-13(9-4-2)14-11-8-12-15/h4,13-15H,2-3,5-12H2,1H3. The first-order valence-electron chi connectivity index (χ1n) is 6.30. The van der Waals surface area contributed by atoms with Gasteiger partial charge in [-0.1, -0.05) is 38.7 Å². The third-order valence-corrected chi connectivity index (χ3v) is 2.63. The molecule has 0 radical (unpaired) electrons. The number of hydrogen-bond acceptors (Lipinski definition) is 2. The Hall–Kier alpha value is -0.340. The number of aliphatic hydroxyl groups is 1. The molecule has 0 bridgehead atoms. The van der Waals surface area contributed by atoms with Crippen LogP contribution in [0.15, 0.2) is 12.7 Å². The lowest BCUT2D eigenvalue weighted by Gasteiger charge is -2.16. The highest BCUT2D eigenvalue weighted by molar-refractivity contribution is 4.77. The molecule has 0 heterocycles. The summed E-state index contributed by atoms with van der Waals surface area (Å²) in [5, 5.41) is 12.2. The van der Waals surface area contributed by atoms with Gasteiger partial charge in [0.15, 0.2) is 0 Å². The van der Waals surface area contributed by atoms with Crippen LogP contribution in [0.2, 0.25) is 0 Å². The molecule has 0 fully saturated rings. The van der Waals surface area contributed by atoms with Crippen LogP contribution in [0.25, 0.3) is 0 Å². The lowest BCUT2D eigenvalue weighted by atomic mass is 10.0. The van der Waals surface area contributed by atoms with Crippen LogP contribution in [0.5, 0.6) is 0 Å². The van der Waals surface area contributed by atoms with E-state index in [1.54, 1.807) is 0 Å². The first-order chi connectivity index (χ1) is 7.35. The zero-order valence-electron chi connectivity index (χ0n) is 10.2. The molecule has 0 aromatic rings. The van der Waals surface area contributed by atoms with Crippen LogP contribution >= 0.6 is 0 Å². The zero-order chi connectivity index (χ0) is 11.4. The van der Waals surface area contributed by atoms with Gasteiger partial charge in [-0.25, -0.2) is 0 Å². The molecule has 1 unspecified atom stereocenters. The molecule has 0 aliphatic carbocycles. The lowest BCUT2D eigenvalue weighted by molar-refractivity contribution is 0.282. The average Bonchev–Trinajstić information content (AvgIpc) is 2.24. The van der Waals surface area contributed by atoms with Crippen molar-refractivity contribution in [2.24, 2.45) is 0 Å². The van der Waals surface area contributed by atoms with E-state index in [0.717, 1.165) is 19.4 Å². The smallest absolute Gasteiger partial charge is 0.0443 e. The van der Waals surface area contributed by atoms with Gasteiger partial charge < -0.3 is 10.4 Å². The van der Waals surface area contributed by atoms with Crippen LogP contribution in [-0.4, -0.2) is 24.3 Å². The van der Waals surface area contributed by atoms with Crippen LogP contribution in [0.3, 0.4) is 0 Å². The molecule has 15 heavy (non-hydrogen) atoms. The molecule has 2 nitrogen and oxygen atoms in total. The van der Waals surface area contributed by atoms with Gasteiger partial charge >= 0.3 is 0 Å². The molecule has 0 aromatic heterocycles. The van der Waals surface area contributed by atoms with E-state index in [1.165, 1.54) is 32.1 Å². The van der Waals surface area contributed by atoms with Gasteiger partial charge in [-0.05, 0) is 25.8 Å². The number of unbranched alkanes of at least 4 members (excludes halogenated alkanes) is 3. The molecular weight excluding hydrogens is 186 g/mol. The average molecular weight is 213 g/mol. The van der Waals surface area contributed by atoms with Gasteiger partial charge in [0.1, 0.15) is 0 Å². The maximum atomic E-state index is 8.69. The molecule has 2 heteroatoms. The third-order valence-electron chi connectivity index (χ3n) is 2.63. The molecule has 0 amide bonds. The van der Waals surface area contributed by atoms with E-state index >= 15 is 0 Å². The molecule has 1 atom stereocenters. The van der Waals surface area contributed by atoms with Crippen LogP contribution in [-0.2, 0) is 0 Å². The fourth-order valence-electron chi connectivity index (χ4n) is 1.71. The highest BCUT2D eigenvalue weighted by atomic mass is 16.3. The number of hydrogen-bond donors (Lipinski definition) is 2. The second kappa shape index (κ2) is 11.7. The second-order valence-electron chi connectivity index (χ2n) is 4.10. The molecule has 0 aliphatic rings. The third kappa shape index (κ3) is 9.95. The van der Waals surface area contributed by atoms with Gasteiger partial charge in [0.2, 0.25) is 0 Å². The molecule has 0 rings (SSSR count). The summed E-state index contributed by atoms with van der Waals surface area (Å²) in [7, 11) is 0. The number of aliphatic hydroxyl groups excluding tert-OH is 1. The normalized spacial score (nSPS) is 12.7. The fourth-order valence-corrected chi connectivity index (χ4v) is 1.71. The van der Waals surface area contributed by atoms with Gasteiger partial charge in [-0.15, -0.1) is 6.58 Å². The Morgan fingerprint density at radius 3 is 2.67 bits per heavy atom. The minimum absolute atomic E-state index is 0.281. The highest BCUT2D eigenvalue weighted by Gasteiger charge is 2.04. The Morgan fingerprint density at radius 1 is 1.27 bits per heavy atom. The van der Waals surface area contributed by atoms with Gasteiger partial charge in [0, 0.05) is 12.6 Å². The molecule has 90 valence electrons. The summed E-state index contributed by atoms with van der Waals surface area (Å²) in [6.07, 6.45) is 10.4. The molecule has 0 aliphatic heterocycles. The first kappa shape index (κ1) is 14.7. The fraction of sp³-hybridized carbons (Fsp3) is 0.846. The lowest BCUT2D eigenvalue weighted by Crippen LogP contribution is -2.29. The SMILES string of the molecule is C=CCC(CCCCCC)NCCCO. The summed E-state index contributed by atoms with van der Waals surface area (Å²) < 4.78 is 0.